The van der Waals surface area contributed by atoms with Crippen LogP contribution in [0.3, 0.4) is 0 Å². The summed E-state index contributed by atoms with van der Waals surface area (Å²) in [5.41, 5.74) is 5.01. The van der Waals surface area contributed by atoms with E-state index in [-0.39, 0.29) is 30.0 Å². The van der Waals surface area contributed by atoms with Gasteiger partial charge in [0.05, 0.1) is 22.0 Å². The highest BCUT2D eigenvalue weighted by molar-refractivity contribution is 7.15. The van der Waals surface area contributed by atoms with Gasteiger partial charge in [-0.3, -0.25) is 19.2 Å². The minimum Gasteiger partial charge on any atom is -0.331 e. The predicted octanol–water partition coefficient (Wildman–Crippen LogP) is 5.91. The zero-order chi connectivity index (χ0) is 32.2. The largest absolute Gasteiger partial charge is 0.331 e. The number of hydrogen-bond donors (Lipinski definition) is 2. The first-order valence-electron chi connectivity index (χ1n) is 15.7. The van der Waals surface area contributed by atoms with Crippen LogP contribution in [-0.2, 0) is 25.6 Å². The fraction of sp³-hybridized carbons (Fsp3) is 0.306. The predicted molar refractivity (Wildman–Crippen MR) is 180 cm³/mol. The van der Waals surface area contributed by atoms with Crippen molar-refractivity contribution in [3.05, 3.63) is 89.4 Å². The Hall–Kier alpha value is -4.83. The molecule has 0 radical (unpaired) electrons. The molecule has 3 heterocycles. The van der Waals surface area contributed by atoms with Crippen LogP contribution < -0.4 is 10.6 Å². The molecule has 0 unspecified atom stereocenters. The van der Waals surface area contributed by atoms with Crippen molar-refractivity contribution < 1.29 is 19.2 Å². The smallest absolute Gasteiger partial charge is 0.247 e. The summed E-state index contributed by atoms with van der Waals surface area (Å²) in [6, 6.07) is 24.0. The van der Waals surface area contributed by atoms with E-state index in [4.69, 9.17) is 4.98 Å². The highest BCUT2D eigenvalue weighted by Crippen LogP contribution is 2.37. The van der Waals surface area contributed by atoms with Crippen molar-refractivity contribution in [1.82, 2.24) is 14.8 Å². The number of hydrogen-bond acceptors (Lipinski definition) is 6. The van der Waals surface area contributed by atoms with E-state index in [1.165, 1.54) is 6.92 Å². The molecular weight excluding hydrogens is 598 g/mol. The molecule has 1 aromatic heterocycles. The first kappa shape index (κ1) is 31.2. The average Bonchev–Trinajstić information content (AvgIpc) is 3.82. The summed E-state index contributed by atoms with van der Waals surface area (Å²) in [5, 5.41) is 6.89. The Labute approximate surface area is 272 Å². The van der Waals surface area contributed by atoms with E-state index in [1.807, 2.05) is 85.8 Å². The van der Waals surface area contributed by atoms with Gasteiger partial charge < -0.3 is 20.4 Å². The van der Waals surface area contributed by atoms with Gasteiger partial charge in [0.2, 0.25) is 23.6 Å². The topological polar surface area (TPSA) is 112 Å². The summed E-state index contributed by atoms with van der Waals surface area (Å²) >= 11 is 1.59. The molecule has 0 aliphatic carbocycles. The van der Waals surface area contributed by atoms with Crippen LogP contribution in [0.2, 0.25) is 0 Å². The molecule has 0 spiro atoms. The molecule has 6 rings (SSSR count). The highest BCUT2D eigenvalue weighted by atomic mass is 32.1. The third-order valence-electron chi connectivity index (χ3n) is 8.61. The summed E-state index contributed by atoms with van der Waals surface area (Å²) in [7, 11) is 0. The number of carbonyl (C=O) groups is 4. The Kier molecular flexibility index (Phi) is 9.25. The zero-order valence-corrected chi connectivity index (χ0v) is 26.8. The molecule has 3 aromatic carbocycles. The van der Waals surface area contributed by atoms with Gasteiger partial charge in [-0.1, -0.05) is 54.6 Å². The molecule has 10 heteroatoms. The van der Waals surface area contributed by atoms with E-state index in [9.17, 15) is 19.2 Å². The van der Waals surface area contributed by atoms with Gasteiger partial charge in [0.15, 0.2) is 0 Å². The standard InChI is InChI=1S/C36H37N5O4S/c1-23-37-33(26-12-16-28(17-13-26)38-35(44)30-10-6-20-40(30)24(2)42)34(46-23)27-14-18-29(19-15-27)39-36(45)31-11-7-21-41(31)32(43)22-25-8-4-3-5-9-25/h3-5,8-9,12-19,30-31H,6-7,10-11,20-22H2,1-2H3,(H,38,44)(H,39,45)/t30-,31-/m0/s1. The third-order valence-corrected chi connectivity index (χ3v) is 9.63. The number of nitrogens with one attached hydrogen (secondary N) is 2. The van der Waals surface area contributed by atoms with Crippen LogP contribution in [-0.4, -0.2) is 63.6 Å². The molecule has 2 N–H and O–H groups in total. The van der Waals surface area contributed by atoms with Gasteiger partial charge in [-0.25, -0.2) is 4.98 Å². The number of amides is 4. The summed E-state index contributed by atoms with van der Waals surface area (Å²) in [6.45, 7) is 4.66. The van der Waals surface area contributed by atoms with E-state index in [1.54, 1.807) is 21.1 Å². The van der Waals surface area contributed by atoms with Gasteiger partial charge in [-0.05, 0) is 68.0 Å². The maximum atomic E-state index is 13.2. The van der Waals surface area contributed by atoms with Crippen molar-refractivity contribution in [2.75, 3.05) is 23.7 Å². The number of aryl methyl sites for hydroxylation is 1. The Balaban J connectivity index is 1.11. The van der Waals surface area contributed by atoms with Gasteiger partial charge >= 0.3 is 0 Å². The number of nitrogens with zero attached hydrogens (tertiary/aromatic N) is 3. The monoisotopic (exact) mass is 635 g/mol. The SMILES string of the molecule is CC(=O)N1CCC[C@H]1C(=O)Nc1ccc(-c2nc(C)sc2-c2ccc(NC(=O)[C@@H]3CCCN3C(=O)Cc3ccccc3)cc2)cc1. The second-order valence-electron chi connectivity index (χ2n) is 11.8. The summed E-state index contributed by atoms with van der Waals surface area (Å²) in [5.74, 6) is -0.454. The molecule has 46 heavy (non-hydrogen) atoms. The highest BCUT2D eigenvalue weighted by Gasteiger charge is 2.34. The number of rotatable bonds is 8. The molecule has 2 atom stereocenters. The molecule has 236 valence electrons. The first-order valence-corrected chi connectivity index (χ1v) is 16.5. The number of likely N-dealkylation sites (tertiary alicyclic amines) is 2. The summed E-state index contributed by atoms with van der Waals surface area (Å²) in [4.78, 5) is 60.1. The summed E-state index contributed by atoms with van der Waals surface area (Å²) in [6.07, 6.45) is 3.23. The maximum absolute atomic E-state index is 13.2. The number of benzene rings is 3. The van der Waals surface area contributed by atoms with Gasteiger partial charge in [0.25, 0.3) is 0 Å². The quantitative estimate of drug-likeness (QED) is 0.250. The van der Waals surface area contributed by atoms with Crippen LogP contribution in [0, 0.1) is 6.92 Å². The number of aromatic nitrogens is 1. The normalized spacial score (nSPS) is 17.6. The van der Waals surface area contributed by atoms with Crippen molar-refractivity contribution in [3.8, 4) is 21.7 Å². The van der Waals surface area contributed by atoms with Crippen LogP contribution in [0.5, 0.6) is 0 Å². The maximum Gasteiger partial charge on any atom is 0.247 e. The van der Waals surface area contributed by atoms with E-state index in [2.05, 4.69) is 10.6 Å². The minimum absolute atomic E-state index is 0.0313. The second-order valence-corrected chi connectivity index (χ2v) is 13.0. The molecule has 2 aliphatic heterocycles. The van der Waals surface area contributed by atoms with E-state index < -0.39 is 12.1 Å². The lowest BCUT2D eigenvalue weighted by molar-refractivity contribution is -0.136. The van der Waals surface area contributed by atoms with Crippen molar-refractivity contribution in [3.63, 3.8) is 0 Å². The fourth-order valence-corrected chi connectivity index (χ4v) is 7.26. The van der Waals surface area contributed by atoms with Gasteiger partial charge in [0.1, 0.15) is 12.1 Å². The van der Waals surface area contributed by atoms with Crippen LogP contribution >= 0.6 is 11.3 Å². The lowest BCUT2D eigenvalue weighted by atomic mass is 10.1. The fourth-order valence-electron chi connectivity index (χ4n) is 6.31. The van der Waals surface area contributed by atoms with Crippen molar-refractivity contribution in [2.45, 2.75) is 58.0 Å². The minimum atomic E-state index is -0.481. The van der Waals surface area contributed by atoms with Crippen LogP contribution in [0.25, 0.3) is 21.7 Å². The van der Waals surface area contributed by atoms with Crippen LogP contribution in [0.4, 0.5) is 11.4 Å². The Morgan fingerprint density at radius 2 is 1.30 bits per heavy atom. The Morgan fingerprint density at radius 3 is 1.89 bits per heavy atom. The second kappa shape index (κ2) is 13.7. The molecule has 2 aliphatic rings. The summed E-state index contributed by atoms with van der Waals surface area (Å²) < 4.78 is 0. The van der Waals surface area contributed by atoms with Crippen molar-refractivity contribution in [1.29, 1.82) is 0 Å². The van der Waals surface area contributed by atoms with Crippen molar-refractivity contribution in [2.24, 2.45) is 0 Å². The molecule has 4 aromatic rings. The third kappa shape index (κ3) is 6.87. The molecule has 0 saturated carbocycles. The first-order chi connectivity index (χ1) is 22.3. The van der Waals surface area contributed by atoms with Crippen LogP contribution in [0.15, 0.2) is 78.9 Å². The number of carbonyl (C=O) groups excluding carboxylic acids is 4. The number of anilines is 2. The molecule has 9 nitrogen and oxygen atoms in total. The molecule has 4 amide bonds. The Bertz CT molecular complexity index is 1740. The van der Waals surface area contributed by atoms with E-state index in [0.717, 1.165) is 45.1 Å². The van der Waals surface area contributed by atoms with E-state index >= 15 is 0 Å². The molecule has 2 saturated heterocycles. The zero-order valence-electron chi connectivity index (χ0n) is 26.0. The van der Waals surface area contributed by atoms with Crippen LogP contribution in [0.1, 0.15) is 43.2 Å². The van der Waals surface area contributed by atoms with Gasteiger partial charge in [-0.15, -0.1) is 11.3 Å². The lowest BCUT2D eigenvalue weighted by Gasteiger charge is -2.24. The molecular formula is C36H37N5O4S. The molecule has 2 fully saturated rings. The lowest BCUT2D eigenvalue weighted by Crippen LogP contribution is -2.43. The average molecular weight is 636 g/mol. The Morgan fingerprint density at radius 1 is 0.761 bits per heavy atom. The number of thiazole rings is 1. The van der Waals surface area contributed by atoms with Crippen molar-refractivity contribution >= 4 is 46.3 Å². The van der Waals surface area contributed by atoms with E-state index in [0.29, 0.717) is 37.3 Å². The van der Waals surface area contributed by atoms with Gasteiger partial charge in [-0.2, -0.15) is 0 Å². The molecule has 0 bridgehead atoms. The van der Waals surface area contributed by atoms with Gasteiger partial charge in [0, 0.05) is 37.0 Å².